The van der Waals surface area contributed by atoms with Crippen LogP contribution in [0.2, 0.25) is 0 Å². The van der Waals surface area contributed by atoms with Gasteiger partial charge in [-0.05, 0) is 43.3 Å². The Hall–Kier alpha value is -3.55. The number of nitrogens with zero attached hydrogens (tertiary/aromatic N) is 1. The largest absolute Gasteiger partial charge is 0.504 e. The summed E-state index contributed by atoms with van der Waals surface area (Å²) in [6.45, 7) is 1.47. The van der Waals surface area contributed by atoms with Crippen LogP contribution >= 0.6 is 0 Å². The van der Waals surface area contributed by atoms with Gasteiger partial charge >= 0.3 is 0 Å². The maximum Gasteiger partial charge on any atom is 0.252 e. The molecule has 1 atom stereocenters. The highest BCUT2D eigenvalue weighted by molar-refractivity contribution is 6.06. The van der Waals surface area contributed by atoms with Crippen molar-refractivity contribution in [3.05, 3.63) is 48.0 Å². The fourth-order valence-electron chi connectivity index (χ4n) is 2.11. The van der Waals surface area contributed by atoms with Gasteiger partial charge in [0.1, 0.15) is 11.7 Å². The molecule has 0 aliphatic carbocycles. The van der Waals surface area contributed by atoms with E-state index in [0.717, 1.165) is 0 Å². The lowest BCUT2D eigenvalue weighted by Gasteiger charge is -2.11. The van der Waals surface area contributed by atoms with Crippen molar-refractivity contribution in [1.82, 2.24) is 5.43 Å². The van der Waals surface area contributed by atoms with Gasteiger partial charge in [-0.2, -0.15) is 5.10 Å². The molecule has 2 rings (SSSR count). The number of benzene rings is 2. The Balaban J connectivity index is 1.93. The van der Waals surface area contributed by atoms with Crippen LogP contribution in [0.15, 0.2) is 47.6 Å². The summed E-state index contributed by atoms with van der Waals surface area (Å²) in [4.78, 5) is 24.2. The molecule has 0 aliphatic heterocycles. The average molecular weight is 371 g/mol. The fraction of sp³-hybridized carbons (Fsp3) is 0.211. The number of rotatable bonds is 7. The van der Waals surface area contributed by atoms with Gasteiger partial charge < -0.3 is 19.9 Å². The average Bonchev–Trinajstić information content (AvgIpc) is 2.69. The van der Waals surface area contributed by atoms with Gasteiger partial charge in [0.05, 0.1) is 20.4 Å². The zero-order chi connectivity index (χ0) is 19.8. The molecule has 0 bridgehead atoms. The van der Waals surface area contributed by atoms with E-state index >= 15 is 0 Å². The maximum absolute atomic E-state index is 12.2. The molecule has 0 heterocycles. The molecule has 8 heteroatoms. The molecule has 0 radical (unpaired) electrons. The van der Waals surface area contributed by atoms with Gasteiger partial charge in [-0.3, -0.25) is 9.59 Å². The summed E-state index contributed by atoms with van der Waals surface area (Å²) in [6, 6.07) is 11.6. The molecule has 2 amide bonds. The Morgan fingerprint density at radius 1 is 1.07 bits per heavy atom. The summed E-state index contributed by atoms with van der Waals surface area (Å²) in [5.74, 6) is -1.17. The van der Waals surface area contributed by atoms with E-state index in [-0.39, 0.29) is 11.5 Å². The Morgan fingerprint density at radius 2 is 1.78 bits per heavy atom. The number of anilines is 1. The van der Waals surface area contributed by atoms with Gasteiger partial charge in [0.2, 0.25) is 5.91 Å². The van der Waals surface area contributed by atoms with Crippen molar-refractivity contribution in [3.8, 4) is 17.2 Å². The normalized spacial score (nSPS) is 11.7. The predicted molar refractivity (Wildman–Crippen MR) is 101 cm³/mol. The third-order valence-electron chi connectivity index (χ3n) is 3.77. The topological polar surface area (TPSA) is 109 Å². The van der Waals surface area contributed by atoms with Gasteiger partial charge in [0, 0.05) is 11.3 Å². The van der Waals surface area contributed by atoms with Crippen LogP contribution in [0.5, 0.6) is 17.2 Å². The number of nitrogens with one attached hydrogen (secondary N) is 2. The molecule has 0 saturated heterocycles. The first-order chi connectivity index (χ1) is 13.0. The number of amides is 2. The first-order valence-corrected chi connectivity index (χ1v) is 8.10. The lowest BCUT2D eigenvalue weighted by molar-refractivity contribution is -0.131. The lowest BCUT2D eigenvalue weighted by Crippen LogP contribution is -2.34. The molecule has 0 spiro atoms. The number of carbonyl (C=O) groups is 2. The van der Waals surface area contributed by atoms with E-state index < -0.39 is 17.7 Å². The lowest BCUT2D eigenvalue weighted by atomic mass is 10.1. The number of hydrazone groups is 1. The highest BCUT2D eigenvalue weighted by Crippen LogP contribution is 2.27. The number of para-hydroxylation sites is 1. The molecule has 2 aromatic rings. The molecule has 1 unspecified atom stereocenters. The highest BCUT2D eigenvalue weighted by atomic mass is 16.5. The SMILES string of the molecule is COc1ccc(NC(=O)C(C)C(=O)NN=Cc2cccc(OC)c2O)cc1. The van der Waals surface area contributed by atoms with Crippen LogP contribution in [0.25, 0.3) is 0 Å². The van der Waals surface area contributed by atoms with Crippen molar-refractivity contribution in [2.24, 2.45) is 11.0 Å². The Morgan fingerprint density at radius 3 is 2.41 bits per heavy atom. The van der Waals surface area contributed by atoms with Crippen molar-refractivity contribution in [2.45, 2.75) is 6.92 Å². The number of aromatic hydroxyl groups is 1. The standard InChI is InChI=1S/C19H21N3O5/c1-12(18(24)21-14-7-9-15(26-2)10-8-14)19(25)22-20-11-13-5-4-6-16(27-3)17(13)23/h4-12,23H,1-3H3,(H,21,24)(H,22,25). The molecule has 27 heavy (non-hydrogen) atoms. The number of methoxy groups -OCH3 is 2. The molecular formula is C19H21N3O5. The molecular weight excluding hydrogens is 350 g/mol. The molecule has 2 aromatic carbocycles. The van der Waals surface area contributed by atoms with Gasteiger partial charge in [-0.1, -0.05) is 6.07 Å². The minimum Gasteiger partial charge on any atom is -0.504 e. The van der Waals surface area contributed by atoms with Crippen molar-refractivity contribution in [1.29, 1.82) is 0 Å². The summed E-state index contributed by atoms with van der Waals surface area (Å²) < 4.78 is 10.0. The van der Waals surface area contributed by atoms with E-state index in [9.17, 15) is 14.7 Å². The number of phenolic OH excluding ortho intramolecular Hbond substituents is 1. The van der Waals surface area contributed by atoms with Crippen LogP contribution in [0.4, 0.5) is 5.69 Å². The summed E-state index contributed by atoms with van der Waals surface area (Å²) in [5, 5.41) is 16.4. The first-order valence-electron chi connectivity index (χ1n) is 8.10. The third-order valence-corrected chi connectivity index (χ3v) is 3.77. The number of carbonyl (C=O) groups excluding carboxylic acids is 2. The monoisotopic (exact) mass is 371 g/mol. The maximum atomic E-state index is 12.2. The van der Waals surface area contributed by atoms with Gasteiger partial charge in [0.15, 0.2) is 11.5 Å². The highest BCUT2D eigenvalue weighted by Gasteiger charge is 2.21. The van der Waals surface area contributed by atoms with Gasteiger partial charge in [-0.15, -0.1) is 0 Å². The number of ether oxygens (including phenoxy) is 2. The third kappa shape index (κ3) is 5.21. The predicted octanol–water partition coefficient (Wildman–Crippen LogP) is 2.13. The van der Waals surface area contributed by atoms with E-state index in [1.54, 1.807) is 49.6 Å². The molecule has 0 aliphatic rings. The van der Waals surface area contributed by atoms with E-state index in [0.29, 0.717) is 17.0 Å². The van der Waals surface area contributed by atoms with E-state index in [1.807, 2.05) is 0 Å². The molecule has 142 valence electrons. The number of hydrogen-bond donors (Lipinski definition) is 3. The molecule has 0 aromatic heterocycles. The smallest absolute Gasteiger partial charge is 0.252 e. The minimum atomic E-state index is -0.969. The van der Waals surface area contributed by atoms with Crippen molar-refractivity contribution >= 4 is 23.7 Å². The second kappa shape index (κ2) is 9.23. The van der Waals surface area contributed by atoms with E-state index in [1.165, 1.54) is 20.2 Å². The van der Waals surface area contributed by atoms with Crippen LogP contribution in [0.3, 0.4) is 0 Å². The summed E-state index contributed by atoms with van der Waals surface area (Å²) in [7, 11) is 2.98. The first kappa shape index (κ1) is 19.8. The Kier molecular flexibility index (Phi) is 6.76. The van der Waals surface area contributed by atoms with Crippen LogP contribution in [-0.2, 0) is 9.59 Å². The molecule has 8 nitrogen and oxygen atoms in total. The van der Waals surface area contributed by atoms with E-state index in [2.05, 4.69) is 15.8 Å². The second-order valence-corrected chi connectivity index (χ2v) is 5.57. The zero-order valence-corrected chi connectivity index (χ0v) is 15.2. The van der Waals surface area contributed by atoms with Crippen molar-refractivity contribution in [3.63, 3.8) is 0 Å². The molecule has 3 N–H and O–H groups in total. The van der Waals surface area contributed by atoms with Gasteiger partial charge in [-0.25, -0.2) is 5.43 Å². The number of phenols is 1. The number of hydrogen-bond acceptors (Lipinski definition) is 6. The molecule has 0 saturated carbocycles. The second-order valence-electron chi connectivity index (χ2n) is 5.57. The quantitative estimate of drug-likeness (QED) is 0.392. The zero-order valence-electron chi connectivity index (χ0n) is 15.2. The summed E-state index contributed by atoms with van der Waals surface area (Å²) in [5.41, 5.74) is 3.19. The Labute approximate surface area is 156 Å². The van der Waals surface area contributed by atoms with Crippen molar-refractivity contribution in [2.75, 3.05) is 19.5 Å². The fourth-order valence-corrected chi connectivity index (χ4v) is 2.11. The van der Waals surface area contributed by atoms with E-state index in [4.69, 9.17) is 9.47 Å². The van der Waals surface area contributed by atoms with Gasteiger partial charge in [0.25, 0.3) is 5.91 Å². The molecule has 0 fully saturated rings. The minimum absolute atomic E-state index is 0.0942. The van der Waals surface area contributed by atoms with Crippen LogP contribution in [0.1, 0.15) is 12.5 Å². The summed E-state index contributed by atoms with van der Waals surface area (Å²) >= 11 is 0. The van der Waals surface area contributed by atoms with Crippen LogP contribution < -0.4 is 20.2 Å². The Bertz CT molecular complexity index is 834. The summed E-state index contributed by atoms with van der Waals surface area (Å²) in [6.07, 6.45) is 1.27. The van der Waals surface area contributed by atoms with Crippen LogP contribution in [0, 0.1) is 5.92 Å². The van der Waals surface area contributed by atoms with Crippen molar-refractivity contribution < 1.29 is 24.2 Å². The van der Waals surface area contributed by atoms with Crippen LogP contribution in [-0.4, -0.2) is 37.4 Å².